The van der Waals surface area contributed by atoms with Crippen LogP contribution in [0.1, 0.15) is 49.9 Å². The van der Waals surface area contributed by atoms with Crippen molar-refractivity contribution in [2.75, 3.05) is 6.61 Å². The third kappa shape index (κ3) is 8.79. The Bertz CT molecular complexity index is 878. The summed E-state index contributed by atoms with van der Waals surface area (Å²) in [5, 5.41) is 0. The molecule has 0 aromatic heterocycles. The van der Waals surface area contributed by atoms with Crippen LogP contribution in [0.15, 0.2) is 64.4 Å². The van der Waals surface area contributed by atoms with E-state index in [2.05, 4.69) is 0 Å². The van der Waals surface area contributed by atoms with Crippen LogP contribution in [0.2, 0.25) is 0 Å². The maximum absolute atomic E-state index is 12.9. The molecule has 0 aliphatic carbocycles. The lowest BCUT2D eigenvalue weighted by molar-refractivity contribution is -0.143. The Balaban J connectivity index is 2.04. The zero-order valence-corrected chi connectivity index (χ0v) is 20.0. The van der Waals surface area contributed by atoms with Crippen molar-refractivity contribution in [1.82, 2.24) is 0 Å². The van der Waals surface area contributed by atoms with Crippen LogP contribution in [-0.2, 0) is 17.4 Å². The standard InChI is InChI=1S/C23H25IO5S/c1-3-4-16-28-22(26)15-14-21(24-29-17(2)25)23(27)18-10-12-20(13-11-18)30-19-8-6-5-7-9-19/h5-13H,3-4,14-16H2,1-2H3. The molecule has 0 fully saturated rings. The largest absolute Gasteiger partial charge is 0.466 e. The second-order valence-corrected chi connectivity index (χ2v) is 9.72. The van der Waals surface area contributed by atoms with Crippen LogP contribution in [0.3, 0.4) is 0 Å². The monoisotopic (exact) mass is 540 g/mol. The first-order chi connectivity index (χ1) is 14.5. The van der Waals surface area contributed by atoms with Crippen molar-refractivity contribution in [2.24, 2.45) is 0 Å². The molecule has 0 amide bonds. The van der Waals surface area contributed by atoms with Gasteiger partial charge in [-0.3, -0.25) is 14.4 Å². The summed E-state index contributed by atoms with van der Waals surface area (Å²) in [6.45, 7) is 3.72. The summed E-state index contributed by atoms with van der Waals surface area (Å²) < 4.78 is 10.8. The Hall–Kier alpha value is -2.00. The number of Topliss-reactive ketones (excluding diaryl/α,β-unsaturated/α-hetero) is 1. The molecule has 0 radical (unpaired) electrons. The number of rotatable bonds is 11. The van der Waals surface area contributed by atoms with Crippen molar-refractivity contribution in [3.8, 4) is 0 Å². The smallest absolute Gasteiger partial charge is 0.311 e. The summed E-state index contributed by atoms with van der Waals surface area (Å²) in [7, 11) is 0. The number of carbonyl (C=O) groups excluding carboxylic acids is 3. The average Bonchev–Trinajstić information content (AvgIpc) is 2.74. The fourth-order valence-corrected chi connectivity index (χ4v) is 4.77. The Morgan fingerprint density at radius 1 is 0.933 bits per heavy atom. The Labute approximate surface area is 191 Å². The molecule has 160 valence electrons. The summed E-state index contributed by atoms with van der Waals surface area (Å²) in [6.07, 6.45) is 2.10. The van der Waals surface area contributed by atoms with Crippen LogP contribution in [0.5, 0.6) is 0 Å². The molecule has 2 rings (SSSR count). The van der Waals surface area contributed by atoms with Gasteiger partial charge in [0.15, 0.2) is 5.78 Å². The fraction of sp³-hybridized carbons (Fsp3) is 0.304. The molecule has 0 saturated carbocycles. The van der Waals surface area contributed by atoms with Gasteiger partial charge in [-0.1, -0.05) is 43.3 Å². The summed E-state index contributed by atoms with van der Waals surface area (Å²) >= 11 is 0.372. The van der Waals surface area contributed by atoms with Gasteiger partial charge in [0.1, 0.15) is 21.1 Å². The van der Waals surface area contributed by atoms with E-state index in [1.54, 1.807) is 23.9 Å². The maximum Gasteiger partial charge on any atom is 0.311 e. The van der Waals surface area contributed by atoms with Crippen molar-refractivity contribution in [2.45, 2.75) is 49.3 Å². The van der Waals surface area contributed by atoms with E-state index in [9.17, 15) is 14.4 Å². The number of hydrogen-bond acceptors (Lipinski definition) is 6. The molecular weight excluding hydrogens is 515 g/mol. The van der Waals surface area contributed by atoms with E-state index in [1.807, 2.05) is 49.4 Å². The SMILES string of the molecule is CCCCOC(=O)CCC(=IOC(C)=O)C(=O)c1ccc(Sc2ccccc2)cc1. The highest BCUT2D eigenvalue weighted by molar-refractivity contribution is 14.2. The molecule has 0 aliphatic rings. The van der Waals surface area contributed by atoms with E-state index in [0.29, 0.717) is 15.7 Å². The summed E-state index contributed by atoms with van der Waals surface area (Å²) in [5.74, 6) is -0.940. The van der Waals surface area contributed by atoms with Gasteiger partial charge in [0, 0.05) is 22.3 Å². The second-order valence-electron chi connectivity index (χ2n) is 6.39. The predicted molar refractivity (Wildman–Crippen MR) is 127 cm³/mol. The topological polar surface area (TPSA) is 69.7 Å². The van der Waals surface area contributed by atoms with Gasteiger partial charge in [0.2, 0.25) is 0 Å². The molecule has 2 aromatic rings. The fourth-order valence-electron chi connectivity index (χ4n) is 2.36. The Morgan fingerprint density at radius 3 is 2.23 bits per heavy atom. The molecule has 0 spiro atoms. The van der Waals surface area contributed by atoms with Crippen LogP contribution in [0, 0.1) is 0 Å². The number of carbonyl (C=O) groups is 3. The van der Waals surface area contributed by atoms with Gasteiger partial charge in [0.25, 0.3) is 0 Å². The minimum atomic E-state index is -1.24. The van der Waals surface area contributed by atoms with E-state index in [4.69, 9.17) is 7.80 Å². The normalized spacial score (nSPS) is 11.3. The number of hydrogen-bond donors (Lipinski definition) is 0. The summed E-state index contributed by atoms with van der Waals surface area (Å²) in [4.78, 5) is 38.2. The molecule has 0 bridgehead atoms. The lowest BCUT2D eigenvalue weighted by Crippen LogP contribution is -2.16. The molecule has 2 aromatic carbocycles. The van der Waals surface area contributed by atoms with Gasteiger partial charge in [-0.15, -0.1) is 0 Å². The van der Waals surface area contributed by atoms with Gasteiger partial charge in [-0.2, -0.15) is 0 Å². The highest BCUT2D eigenvalue weighted by atomic mass is 127. The maximum atomic E-state index is 12.9. The lowest BCUT2D eigenvalue weighted by atomic mass is 10.1. The second kappa shape index (κ2) is 13.3. The first kappa shape index (κ1) is 24.3. The van der Waals surface area contributed by atoms with Gasteiger partial charge in [-0.05, 0) is 49.2 Å². The van der Waals surface area contributed by atoms with Crippen LogP contribution >= 0.6 is 32.9 Å². The van der Waals surface area contributed by atoms with Crippen molar-refractivity contribution < 1.29 is 22.2 Å². The van der Waals surface area contributed by atoms with Crippen LogP contribution < -0.4 is 0 Å². The predicted octanol–water partition coefficient (Wildman–Crippen LogP) is 5.77. The van der Waals surface area contributed by atoms with Gasteiger partial charge < -0.3 is 7.80 Å². The minimum Gasteiger partial charge on any atom is -0.466 e. The zero-order chi connectivity index (χ0) is 21.8. The molecule has 30 heavy (non-hydrogen) atoms. The zero-order valence-electron chi connectivity index (χ0n) is 17.1. The molecule has 0 atom stereocenters. The molecule has 0 saturated heterocycles. The third-order valence-electron chi connectivity index (χ3n) is 3.89. The van der Waals surface area contributed by atoms with Gasteiger partial charge >= 0.3 is 11.9 Å². The third-order valence-corrected chi connectivity index (χ3v) is 7.31. The lowest BCUT2D eigenvalue weighted by Gasteiger charge is -2.08. The molecule has 7 heteroatoms. The van der Waals surface area contributed by atoms with E-state index in [0.717, 1.165) is 22.6 Å². The number of unbranched alkanes of at least 4 members (excludes halogenated alkanes) is 1. The summed E-state index contributed by atoms with van der Waals surface area (Å²) in [6, 6.07) is 17.3. The Morgan fingerprint density at radius 2 is 1.60 bits per heavy atom. The first-order valence-corrected chi connectivity index (χ1v) is 12.5. The highest BCUT2D eigenvalue weighted by Gasteiger charge is 2.17. The number of benzene rings is 2. The average molecular weight is 540 g/mol. The van der Waals surface area contributed by atoms with Crippen molar-refractivity contribution >= 4 is 54.1 Å². The van der Waals surface area contributed by atoms with E-state index in [-0.39, 0.29) is 24.6 Å². The van der Waals surface area contributed by atoms with Gasteiger partial charge in [0.05, 0.1) is 16.5 Å². The molecular formula is C23H25IO5S. The van der Waals surface area contributed by atoms with E-state index >= 15 is 0 Å². The molecule has 0 heterocycles. The van der Waals surface area contributed by atoms with Crippen LogP contribution in [0.4, 0.5) is 0 Å². The van der Waals surface area contributed by atoms with Crippen molar-refractivity contribution in [1.29, 1.82) is 0 Å². The van der Waals surface area contributed by atoms with Crippen LogP contribution in [-0.4, -0.2) is 27.8 Å². The van der Waals surface area contributed by atoms with E-state index in [1.165, 1.54) is 6.92 Å². The quantitative estimate of drug-likeness (QED) is 0.156. The molecule has 0 aliphatic heterocycles. The number of halogens is 1. The molecule has 0 unspecified atom stereocenters. The highest BCUT2D eigenvalue weighted by Crippen LogP contribution is 2.27. The van der Waals surface area contributed by atoms with E-state index < -0.39 is 27.1 Å². The first-order valence-electron chi connectivity index (χ1n) is 9.71. The molecule has 5 nitrogen and oxygen atoms in total. The summed E-state index contributed by atoms with van der Waals surface area (Å²) in [5.41, 5.74) is 0.522. The van der Waals surface area contributed by atoms with Crippen LogP contribution in [0.25, 0.3) is 0 Å². The molecule has 0 N–H and O–H groups in total. The van der Waals surface area contributed by atoms with Gasteiger partial charge in [-0.25, -0.2) is 0 Å². The number of ether oxygens (including phenoxy) is 1. The Kier molecular flexibility index (Phi) is 10.8. The van der Waals surface area contributed by atoms with Crippen molar-refractivity contribution in [3.05, 3.63) is 60.2 Å². The van der Waals surface area contributed by atoms with Crippen molar-refractivity contribution in [3.63, 3.8) is 0 Å². The minimum absolute atomic E-state index is 0.105. The number of ketones is 1. The number of esters is 1.